The van der Waals surface area contributed by atoms with Crippen LogP contribution in [0.5, 0.6) is 5.75 Å². The first-order chi connectivity index (χ1) is 16.7. The third kappa shape index (κ3) is 8.94. The average Bonchev–Trinajstić information content (AvgIpc) is 2.85. The van der Waals surface area contributed by atoms with Crippen molar-refractivity contribution in [3.05, 3.63) is 88.9 Å². The molecule has 0 spiro atoms. The molecule has 0 bridgehead atoms. The third-order valence-corrected chi connectivity index (χ3v) is 7.33. The van der Waals surface area contributed by atoms with Gasteiger partial charge in [0, 0.05) is 14.8 Å². The van der Waals surface area contributed by atoms with E-state index in [0.717, 1.165) is 26.7 Å². The summed E-state index contributed by atoms with van der Waals surface area (Å²) >= 11 is 8.10. The molecule has 35 heavy (non-hydrogen) atoms. The first-order valence-corrected chi connectivity index (χ1v) is 13.7. The number of rotatable bonds is 13. The van der Waals surface area contributed by atoms with Crippen molar-refractivity contribution >= 4 is 31.2 Å². The standard InChI is InChI=1S/C25H29ClNO6PS/c1-27-25(17-28,18-33-34(29,30)31)13-12-20-10-11-23(15-24(20)26)35-22-9-5-8-21(14-22)32-16-19-6-3-2-4-7-19/h2-11,14-15,27-28H,12-13,16-18H2,1H3,(H2,29,30,31)/t25-/m1/s1. The molecule has 0 saturated carbocycles. The van der Waals surface area contributed by atoms with Crippen LogP contribution in [-0.2, 0) is 22.1 Å². The van der Waals surface area contributed by atoms with Gasteiger partial charge in [0.15, 0.2) is 0 Å². The van der Waals surface area contributed by atoms with Gasteiger partial charge in [-0.2, -0.15) is 0 Å². The van der Waals surface area contributed by atoms with Gasteiger partial charge in [-0.1, -0.05) is 65.8 Å². The zero-order valence-corrected chi connectivity index (χ0v) is 21.7. The van der Waals surface area contributed by atoms with Crippen LogP contribution in [0.1, 0.15) is 17.5 Å². The summed E-state index contributed by atoms with van der Waals surface area (Å²) < 4.78 is 21.6. The molecule has 0 radical (unpaired) electrons. The van der Waals surface area contributed by atoms with Gasteiger partial charge in [-0.15, -0.1) is 0 Å². The van der Waals surface area contributed by atoms with E-state index < -0.39 is 13.4 Å². The molecule has 3 rings (SSSR count). The number of aryl methyl sites for hydroxylation is 1. The molecule has 3 aromatic rings. The van der Waals surface area contributed by atoms with Crippen LogP contribution in [0.15, 0.2) is 82.6 Å². The van der Waals surface area contributed by atoms with Crippen molar-refractivity contribution in [3.63, 3.8) is 0 Å². The Balaban J connectivity index is 1.61. The molecule has 0 aliphatic carbocycles. The fourth-order valence-corrected chi connectivity index (χ4v) is 5.02. The second-order valence-electron chi connectivity index (χ2n) is 8.06. The van der Waals surface area contributed by atoms with Crippen LogP contribution in [0.2, 0.25) is 5.02 Å². The molecule has 0 unspecified atom stereocenters. The number of benzene rings is 3. The van der Waals surface area contributed by atoms with Gasteiger partial charge in [0.1, 0.15) is 12.4 Å². The van der Waals surface area contributed by atoms with E-state index in [1.807, 2.05) is 72.8 Å². The second kappa shape index (κ2) is 12.9. The Bertz CT molecular complexity index is 1140. The highest BCUT2D eigenvalue weighted by Gasteiger charge is 2.31. The quantitative estimate of drug-likeness (QED) is 0.224. The van der Waals surface area contributed by atoms with Crippen LogP contribution < -0.4 is 10.1 Å². The number of phosphoric ester groups is 1. The summed E-state index contributed by atoms with van der Waals surface area (Å²) in [6.45, 7) is -0.188. The van der Waals surface area contributed by atoms with E-state index in [1.165, 1.54) is 0 Å². The smallest absolute Gasteiger partial charge is 0.469 e. The molecule has 1 atom stereocenters. The van der Waals surface area contributed by atoms with Crippen molar-refractivity contribution in [2.45, 2.75) is 34.8 Å². The first-order valence-electron chi connectivity index (χ1n) is 10.9. The molecule has 0 heterocycles. The zero-order valence-electron chi connectivity index (χ0n) is 19.3. The summed E-state index contributed by atoms with van der Waals surface area (Å²) in [5.74, 6) is 0.784. The van der Waals surface area contributed by atoms with Crippen molar-refractivity contribution in [2.24, 2.45) is 0 Å². The maximum Gasteiger partial charge on any atom is 0.469 e. The average molecular weight is 538 g/mol. The Morgan fingerprint density at radius 3 is 2.43 bits per heavy atom. The highest BCUT2D eigenvalue weighted by atomic mass is 35.5. The van der Waals surface area contributed by atoms with Crippen LogP contribution >= 0.6 is 31.2 Å². The lowest BCUT2D eigenvalue weighted by atomic mass is 9.93. The fourth-order valence-electron chi connectivity index (χ4n) is 3.35. The fraction of sp³-hybridized carbons (Fsp3) is 0.280. The molecule has 0 aliphatic rings. The minimum absolute atomic E-state index is 0.335. The maximum atomic E-state index is 11.1. The molecular weight excluding hydrogens is 509 g/mol. The minimum atomic E-state index is -4.65. The van der Waals surface area contributed by atoms with E-state index in [4.69, 9.17) is 26.1 Å². The van der Waals surface area contributed by atoms with Crippen LogP contribution in [0.4, 0.5) is 0 Å². The van der Waals surface area contributed by atoms with Gasteiger partial charge in [0.25, 0.3) is 0 Å². The molecule has 188 valence electrons. The summed E-state index contributed by atoms with van der Waals surface area (Å²) in [5, 5.41) is 13.3. The highest BCUT2D eigenvalue weighted by Crippen LogP contribution is 2.38. The van der Waals surface area contributed by atoms with Crippen molar-refractivity contribution in [3.8, 4) is 5.75 Å². The lowest BCUT2D eigenvalue weighted by Crippen LogP contribution is -2.50. The Kier molecular flexibility index (Phi) is 10.2. The van der Waals surface area contributed by atoms with E-state index in [-0.39, 0.29) is 13.2 Å². The maximum absolute atomic E-state index is 11.1. The number of ether oxygens (including phenoxy) is 1. The van der Waals surface area contributed by atoms with Crippen LogP contribution in [-0.4, -0.2) is 40.7 Å². The van der Waals surface area contributed by atoms with Gasteiger partial charge >= 0.3 is 7.82 Å². The van der Waals surface area contributed by atoms with Crippen LogP contribution in [0, 0.1) is 0 Å². The lowest BCUT2D eigenvalue weighted by Gasteiger charge is -2.31. The first kappa shape index (κ1) is 27.7. The van der Waals surface area contributed by atoms with Gasteiger partial charge in [-0.25, -0.2) is 4.57 Å². The van der Waals surface area contributed by atoms with E-state index >= 15 is 0 Å². The molecular formula is C25H29ClNO6PS. The molecule has 0 amide bonds. The van der Waals surface area contributed by atoms with Gasteiger partial charge in [-0.05, 0) is 61.3 Å². The summed E-state index contributed by atoms with van der Waals surface area (Å²) in [4.78, 5) is 20.0. The van der Waals surface area contributed by atoms with E-state index in [2.05, 4.69) is 9.84 Å². The topological polar surface area (TPSA) is 108 Å². The molecule has 0 fully saturated rings. The number of likely N-dealkylation sites (N-methyl/N-ethyl adjacent to an activating group) is 1. The Labute approximate surface area is 214 Å². The minimum Gasteiger partial charge on any atom is -0.489 e. The number of aliphatic hydroxyl groups excluding tert-OH is 1. The number of aliphatic hydroxyl groups is 1. The summed E-state index contributed by atoms with van der Waals surface area (Å²) in [6, 6.07) is 23.6. The molecule has 10 heteroatoms. The summed E-state index contributed by atoms with van der Waals surface area (Å²) in [5.41, 5.74) is 0.961. The molecule has 0 aromatic heterocycles. The predicted octanol–water partition coefficient (Wildman–Crippen LogP) is 5.06. The van der Waals surface area contributed by atoms with Crippen LogP contribution in [0.3, 0.4) is 0 Å². The SMILES string of the molecule is CN[C@@](CO)(CCc1ccc(Sc2cccc(OCc3ccccc3)c2)cc1Cl)COP(=O)(O)O. The molecule has 0 aliphatic heterocycles. The number of halogens is 1. The number of nitrogens with one attached hydrogen (secondary N) is 1. The predicted molar refractivity (Wildman–Crippen MR) is 138 cm³/mol. The Hall–Kier alpha value is -1.87. The highest BCUT2D eigenvalue weighted by molar-refractivity contribution is 7.99. The lowest BCUT2D eigenvalue weighted by molar-refractivity contribution is 0.0820. The molecule has 0 saturated heterocycles. The number of phosphoric acid groups is 1. The van der Waals surface area contributed by atoms with Gasteiger partial charge in [-0.3, -0.25) is 4.52 Å². The van der Waals surface area contributed by atoms with E-state index in [9.17, 15) is 9.67 Å². The summed E-state index contributed by atoms with van der Waals surface area (Å²) in [6.07, 6.45) is 0.853. The Morgan fingerprint density at radius 2 is 1.77 bits per heavy atom. The van der Waals surface area contributed by atoms with Gasteiger partial charge < -0.3 is 24.9 Å². The molecule has 4 N–H and O–H groups in total. The normalized spacial score (nSPS) is 13.4. The third-order valence-electron chi connectivity index (χ3n) is 5.53. The van der Waals surface area contributed by atoms with Crippen LogP contribution in [0.25, 0.3) is 0 Å². The van der Waals surface area contributed by atoms with Crippen molar-refractivity contribution in [1.29, 1.82) is 0 Å². The molecule has 3 aromatic carbocycles. The summed E-state index contributed by atoms with van der Waals surface area (Å²) in [7, 11) is -3.04. The van der Waals surface area contributed by atoms with E-state index in [1.54, 1.807) is 18.8 Å². The number of hydrogen-bond acceptors (Lipinski definition) is 6. The monoisotopic (exact) mass is 537 g/mol. The van der Waals surface area contributed by atoms with Crippen molar-refractivity contribution in [1.82, 2.24) is 5.32 Å². The second-order valence-corrected chi connectivity index (χ2v) is 10.9. The zero-order chi connectivity index (χ0) is 25.3. The van der Waals surface area contributed by atoms with Crippen molar-refractivity contribution < 1.29 is 28.7 Å². The molecule has 7 nitrogen and oxygen atoms in total. The van der Waals surface area contributed by atoms with Gasteiger partial charge in [0.2, 0.25) is 0 Å². The van der Waals surface area contributed by atoms with Crippen molar-refractivity contribution in [2.75, 3.05) is 20.3 Å². The number of hydrogen-bond donors (Lipinski definition) is 4. The van der Waals surface area contributed by atoms with Gasteiger partial charge in [0.05, 0.1) is 18.8 Å². The Morgan fingerprint density at radius 1 is 1.03 bits per heavy atom. The largest absolute Gasteiger partial charge is 0.489 e. The van der Waals surface area contributed by atoms with E-state index in [0.29, 0.717) is 24.5 Å².